The molecule has 4 heteroatoms. The Labute approximate surface area is 97.6 Å². The van der Waals surface area contributed by atoms with E-state index in [1.807, 2.05) is 0 Å². The van der Waals surface area contributed by atoms with Gasteiger partial charge in [0.2, 0.25) is 0 Å². The largest absolute Gasteiger partial charge is 0.465 e. The molecule has 1 amide bonds. The van der Waals surface area contributed by atoms with Gasteiger partial charge in [-0.1, -0.05) is 20.8 Å². The van der Waals surface area contributed by atoms with E-state index in [-0.39, 0.29) is 11.5 Å². The van der Waals surface area contributed by atoms with Gasteiger partial charge in [0.1, 0.15) is 0 Å². The van der Waals surface area contributed by atoms with Gasteiger partial charge < -0.3 is 14.7 Å². The summed E-state index contributed by atoms with van der Waals surface area (Å²) >= 11 is 0. The summed E-state index contributed by atoms with van der Waals surface area (Å²) in [6, 6.07) is 0.0544. The van der Waals surface area contributed by atoms with Crippen molar-refractivity contribution in [1.29, 1.82) is 0 Å². The zero-order valence-electron chi connectivity index (χ0n) is 10.7. The molecule has 0 aromatic rings. The number of amides is 1. The lowest BCUT2D eigenvalue weighted by molar-refractivity contribution is -0.00635. The second-order valence-corrected chi connectivity index (χ2v) is 5.64. The number of carbonyl (C=O) groups is 1. The number of ether oxygens (including phenoxy) is 1. The number of nitrogens with zero attached hydrogens (tertiary/aromatic N) is 1. The van der Waals surface area contributed by atoms with Gasteiger partial charge in [0.25, 0.3) is 0 Å². The van der Waals surface area contributed by atoms with Crippen LogP contribution in [-0.2, 0) is 4.74 Å². The van der Waals surface area contributed by atoms with Gasteiger partial charge in [-0.05, 0) is 18.3 Å². The van der Waals surface area contributed by atoms with Gasteiger partial charge in [-0.25, -0.2) is 4.79 Å². The van der Waals surface area contributed by atoms with Crippen molar-refractivity contribution in [2.75, 3.05) is 20.3 Å². The Morgan fingerprint density at radius 2 is 2.12 bits per heavy atom. The fourth-order valence-electron chi connectivity index (χ4n) is 2.85. The van der Waals surface area contributed by atoms with E-state index in [0.29, 0.717) is 19.1 Å². The minimum atomic E-state index is -0.805. The van der Waals surface area contributed by atoms with Crippen LogP contribution in [0.3, 0.4) is 0 Å². The van der Waals surface area contributed by atoms with Crippen LogP contribution in [0, 0.1) is 11.3 Å². The summed E-state index contributed by atoms with van der Waals surface area (Å²) < 4.78 is 5.22. The van der Waals surface area contributed by atoms with Crippen LogP contribution in [0.15, 0.2) is 0 Å². The van der Waals surface area contributed by atoms with E-state index in [1.54, 1.807) is 12.0 Å². The highest BCUT2D eigenvalue weighted by atomic mass is 16.5. The van der Waals surface area contributed by atoms with E-state index < -0.39 is 6.09 Å². The number of rotatable bonds is 2. The Bertz CT molecular complexity index is 245. The van der Waals surface area contributed by atoms with Crippen LogP contribution < -0.4 is 0 Å². The summed E-state index contributed by atoms with van der Waals surface area (Å²) in [5, 5.41) is 9.24. The van der Waals surface area contributed by atoms with Gasteiger partial charge in [-0.2, -0.15) is 0 Å². The molecule has 16 heavy (non-hydrogen) atoms. The van der Waals surface area contributed by atoms with Gasteiger partial charge >= 0.3 is 6.09 Å². The highest BCUT2D eigenvalue weighted by Crippen LogP contribution is 2.36. The lowest BCUT2D eigenvalue weighted by Gasteiger charge is -2.46. The first kappa shape index (κ1) is 13.3. The molecule has 0 aromatic carbocycles. The molecule has 4 nitrogen and oxygen atoms in total. The molecule has 1 saturated heterocycles. The number of carboxylic acid groups (broad SMARTS) is 1. The number of methoxy groups -OCH3 is 1. The van der Waals surface area contributed by atoms with E-state index in [2.05, 4.69) is 20.8 Å². The second-order valence-electron chi connectivity index (χ2n) is 5.64. The average Bonchev–Trinajstić information content (AvgIpc) is 2.16. The molecule has 0 bridgehead atoms. The molecule has 0 saturated carbocycles. The lowest BCUT2D eigenvalue weighted by Crippen LogP contribution is -2.55. The van der Waals surface area contributed by atoms with Crippen molar-refractivity contribution in [1.82, 2.24) is 4.90 Å². The minimum absolute atomic E-state index is 0.0397. The Morgan fingerprint density at radius 3 is 2.56 bits per heavy atom. The standard InChI is InChI=1S/C12H23NO3/c1-12(2,3)10-9(8-16-4)6-5-7-13(10)11(14)15/h9-10H,5-8H2,1-4H3,(H,14,15)/t9?,10-/m1/s1. The molecule has 1 aliphatic heterocycles. The fraction of sp³-hybridized carbons (Fsp3) is 0.917. The maximum atomic E-state index is 11.2. The van der Waals surface area contributed by atoms with Crippen LogP contribution in [0.5, 0.6) is 0 Å². The number of hydrogen-bond acceptors (Lipinski definition) is 2. The molecule has 0 spiro atoms. The molecule has 94 valence electrons. The van der Waals surface area contributed by atoms with Crippen molar-refractivity contribution in [3.8, 4) is 0 Å². The van der Waals surface area contributed by atoms with Crippen LogP contribution in [0.2, 0.25) is 0 Å². The lowest BCUT2D eigenvalue weighted by atomic mass is 9.74. The predicted molar refractivity (Wildman–Crippen MR) is 62.6 cm³/mol. The van der Waals surface area contributed by atoms with Crippen molar-refractivity contribution in [2.24, 2.45) is 11.3 Å². The summed E-state index contributed by atoms with van der Waals surface area (Å²) in [5.74, 6) is 0.315. The van der Waals surface area contributed by atoms with Crippen molar-refractivity contribution in [2.45, 2.75) is 39.7 Å². The molecule has 0 aromatic heterocycles. The van der Waals surface area contributed by atoms with Crippen LogP contribution in [0.25, 0.3) is 0 Å². The Balaban J connectivity index is 2.89. The molecule has 1 rings (SSSR count). The van der Waals surface area contributed by atoms with Gasteiger partial charge in [0, 0.05) is 25.6 Å². The third-order valence-corrected chi connectivity index (χ3v) is 3.27. The predicted octanol–water partition coefficient (Wildman–Crippen LogP) is 2.44. The van der Waals surface area contributed by atoms with E-state index in [9.17, 15) is 9.90 Å². The smallest absolute Gasteiger partial charge is 0.407 e. The monoisotopic (exact) mass is 229 g/mol. The third kappa shape index (κ3) is 2.88. The summed E-state index contributed by atoms with van der Waals surface area (Å²) in [5.41, 5.74) is -0.0397. The maximum absolute atomic E-state index is 11.2. The number of likely N-dealkylation sites (tertiary alicyclic amines) is 1. The van der Waals surface area contributed by atoms with Crippen molar-refractivity contribution in [3.05, 3.63) is 0 Å². The molecular weight excluding hydrogens is 206 g/mol. The SMILES string of the molecule is COCC1CCCN(C(=O)O)[C@H]1C(C)(C)C. The quantitative estimate of drug-likeness (QED) is 0.791. The van der Waals surface area contributed by atoms with Gasteiger partial charge in [0.05, 0.1) is 6.61 Å². The summed E-state index contributed by atoms with van der Waals surface area (Å²) in [7, 11) is 1.68. The van der Waals surface area contributed by atoms with Crippen molar-refractivity contribution < 1.29 is 14.6 Å². The molecular formula is C12H23NO3. The van der Waals surface area contributed by atoms with Crippen LogP contribution >= 0.6 is 0 Å². The zero-order chi connectivity index (χ0) is 12.3. The topological polar surface area (TPSA) is 49.8 Å². The van der Waals surface area contributed by atoms with Crippen LogP contribution in [0.4, 0.5) is 4.79 Å². The molecule has 1 unspecified atom stereocenters. The first-order valence-electron chi connectivity index (χ1n) is 5.86. The highest BCUT2D eigenvalue weighted by Gasteiger charge is 2.41. The van der Waals surface area contributed by atoms with E-state index >= 15 is 0 Å². The molecule has 1 fully saturated rings. The number of piperidine rings is 1. The molecule has 1 N–H and O–H groups in total. The Morgan fingerprint density at radius 1 is 1.50 bits per heavy atom. The van der Waals surface area contributed by atoms with Gasteiger partial charge in [-0.15, -0.1) is 0 Å². The normalized spacial score (nSPS) is 26.9. The van der Waals surface area contributed by atoms with Crippen LogP contribution in [0.1, 0.15) is 33.6 Å². The van der Waals surface area contributed by atoms with E-state index in [4.69, 9.17) is 4.74 Å². The van der Waals surface area contributed by atoms with Gasteiger partial charge in [0.15, 0.2) is 0 Å². The van der Waals surface area contributed by atoms with Crippen molar-refractivity contribution >= 4 is 6.09 Å². The Kier molecular flexibility index (Phi) is 4.19. The van der Waals surface area contributed by atoms with Gasteiger partial charge in [-0.3, -0.25) is 0 Å². The fourth-order valence-corrected chi connectivity index (χ4v) is 2.85. The summed E-state index contributed by atoms with van der Waals surface area (Å²) in [6.07, 6.45) is 1.19. The first-order chi connectivity index (χ1) is 7.38. The van der Waals surface area contributed by atoms with E-state index in [1.165, 1.54) is 0 Å². The third-order valence-electron chi connectivity index (χ3n) is 3.27. The molecule has 2 atom stereocenters. The summed E-state index contributed by atoms with van der Waals surface area (Å²) in [6.45, 7) is 7.59. The minimum Gasteiger partial charge on any atom is -0.465 e. The Hall–Kier alpha value is -0.770. The number of hydrogen-bond donors (Lipinski definition) is 1. The highest BCUT2D eigenvalue weighted by molar-refractivity contribution is 5.65. The maximum Gasteiger partial charge on any atom is 0.407 e. The van der Waals surface area contributed by atoms with Crippen molar-refractivity contribution in [3.63, 3.8) is 0 Å². The van der Waals surface area contributed by atoms with Crippen LogP contribution in [-0.4, -0.2) is 42.4 Å². The molecule has 1 heterocycles. The summed E-state index contributed by atoms with van der Waals surface area (Å²) in [4.78, 5) is 12.8. The average molecular weight is 229 g/mol. The molecule has 1 aliphatic rings. The van der Waals surface area contributed by atoms with E-state index in [0.717, 1.165) is 12.8 Å². The first-order valence-corrected chi connectivity index (χ1v) is 5.86. The molecule has 0 aliphatic carbocycles. The zero-order valence-corrected chi connectivity index (χ0v) is 10.7. The molecule has 0 radical (unpaired) electrons. The second kappa shape index (κ2) is 5.04.